The van der Waals surface area contributed by atoms with Crippen molar-refractivity contribution in [2.24, 2.45) is 0 Å². The molecule has 2 N–H and O–H groups in total. The molecule has 2 aromatic rings. The number of aryl methyl sites for hydroxylation is 1. The number of hydrogen-bond acceptors (Lipinski definition) is 5. The second-order valence-corrected chi connectivity index (χ2v) is 7.67. The van der Waals surface area contributed by atoms with Gasteiger partial charge >= 0.3 is 0 Å². The van der Waals surface area contributed by atoms with Crippen LogP contribution >= 0.6 is 0 Å². The van der Waals surface area contributed by atoms with Crippen LogP contribution in [0.4, 0.5) is 0 Å². The lowest BCUT2D eigenvalue weighted by molar-refractivity contribution is -0.139. The van der Waals surface area contributed by atoms with E-state index in [-0.39, 0.29) is 30.2 Å². The fraction of sp³-hybridized carbons (Fsp3) is 0.417. The van der Waals surface area contributed by atoms with E-state index in [1.807, 2.05) is 31.2 Å². The van der Waals surface area contributed by atoms with Gasteiger partial charge in [0, 0.05) is 19.1 Å². The third-order valence-electron chi connectivity index (χ3n) is 5.38. The van der Waals surface area contributed by atoms with E-state index in [0.29, 0.717) is 31.7 Å². The number of likely N-dealkylation sites (tertiary alicyclic amines) is 1. The van der Waals surface area contributed by atoms with Crippen LogP contribution in [0.3, 0.4) is 0 Å². The molecular weight excluding hydrogens is 396 g/mol. The Morgan fingerprint density at radius 2 is 1.81 bits per heavy atom. The van der Waals surface area contributed by atoms with Crippen molar-refractivity contribution in [1.29, 1.82) is 0 Å². The summed E-state index contributed by atoms with van der Waals surface area (Å²) in [5.41, 5.74) is 1.07. The molecule has 3 rings (SSSR count). The molecule has 2 amide bonds. The molecule has 0 aliphatic carbocycles. The molecule has 1 saturated heterocycles. The number of amides is 2. The number of aromatic hydroxyl groups is 1. The average molecular weight is 427 g/mol. The molecular formula is C24H30N2O5. The summed E-state index contributed by atoms with van der Waals surface area (Å²) >= 11 is 0. The highest BCUT2D eigenvalue weighted by molar-refractivity contribution is 5.81. The van der Waals surface area contributed by atoms with E-state index in [1.165, 1.54) is 12.1 Å². The number of benzene rings is 2. The Kier molecular flexibility index (Phi) is 7.76. The maximum absolute atomic E-state index is 12.7. The standard InChI is InChI=1S/C24H30N2O5/c1-3-18-6-4-5-7-22(18)30-16-23(28)25-19-12-14-26(15-13-19)24(29)17(2)31-21-10-8-20(27)9-11-21/h4-11,17,19,27H,3,12-16H2,1-2H3,(H,25,28). The van der Waals surface area contributed by atoms with Crippen molar-refractivity contribution in [2.75, 3.05) is 19.7 Å². The van der Waals surface area contributed by atoms with Crippen LogP contribution in [0, 0.1) is 0 Å². The first kappa shape index (κ1) is 22.5. The molecule has 2 aromatic carbocycles. The summed E-state index contributed by atoms with van der Waals surface area (Å²) in [4.78, 5) is 26.7. The summed E-state index contributed by atoms with van der Waals surface area (Å²) in [6.45, 7) is 4.87. The number of ether oxygens (including phenoxy) is 2. The van der Waals surface area contributed by atoms with Crippen LogP contribution in [-0.4, -0.2) is 53.7 Å². The fourth-order valence-electron chi connectivity index (χ4n) is 3.63. The molecule has 0 saturated carbocycles. The number of phenols is 1. The van der Waals surface area contributed by atoms with Gasteiger partial charge in [-0.25, -0.2) is 0 Å². The monoisotopic (exact) mass is 426 g/mol. The average Bonchev–Trinajstić information content (AvgIpc) is 2.79. The van der Waals surface area contributed by atoms with Gasteiger partial charge in [-0.3, -0.25) is 9.59 Å². The maximum atomic E-state index is 12.7. The van der Waals surface area contributed by atoms with E-state index in [4.69, 9.17) is 9.47 Å². The van der Waals surface area contributed by atoms with Crippen LogP contribution in [0.1, 0.15) is 32.3 Å². The van der Waals surface area contributed by atoms with Gasteiger partial charge in [-0.05, 0) is 62.1 Å². The van der Waals surface area contributed by atoms with Crippen molar-refractivity contribution >= 4 is 11.8 Å². The Morgan fingerprint density at radius 1 is 1.13 bits per heavy atom. The first-order chi connectivity index (χ1) is 15.0. The zero-order chi connectivity index (χ0) is 22.2. The molecule has 7 heteroatoms. The Labute approximate surface area is 183 Å². The topological polar surface area (TPSA) is 88.1 Å². The summed E-state index contributed by atoms with van der Waals surface area (Å²) in [6.07, 6.45) is 1.60. The Balaban J connectivity index is 1.40. The Morgan fingerprint density at radius 3 is 2.48 bits per heavy atom. The second-order valence-electron chi connectivity index (χ2n) is 7.67. The zero-order valence-electron chi connectivity index (χ0n) is 18.0. The van der Waals surface area contributed by atoms with Crippen molar-refractivity contribution in [2.45, 2.75) is 45.3 Å². The van der Waals surface area contributed by atoms with E-state index >= 15 is 0 Å². The van der Waals surface area contributed by atoms with Crippen molar-refractivity contribution in [3.05, 3.63) is 54.1 Å². The van der Waals surface area contributed by atoms with Crippen LogP contribution in [-0.2, 0) is 16.0 Å². The van der Waals surface area contributed by atoms with Gasteiger partial charge in [0.25, 0.3) is 11.8 Å². The van der Waals surface area contributed by atoms with Crippen LogP contribution in [0.15, 0.2) is 48.5 Å². The van der Waals surface area contributed by atoms with Crippen LogP contribution < -0.4 is 14.8 Å². The predicted molar refractivity (Wildman–Crippen MR) is 117 cm³/mol. The predicted octanol–water partition coefficient (Wildman–Crippen LogP) is 2.91. The molecule has 1 unspecified atom stereocenters. The first-order valence-electron chi connectivity index (χ1n) is 10.7. The normalized spacial score (nSPS) is 15.2. The minimum Gasteiger partial charge on any atom is -0.508 e. The molecule has 31 heavy (non-hydrogen) atoms. The van der Waals surface area contributed by atoms with E-state index in [9.17, 15) is 14.7 Å². The molecule has 166 valence electrons. The third-order valence-corrected chi connectivity index (χ3v) is 5.38. The molecule has 1 fully saturated rings. The molecule has 0 bridgehead atoms. The van der Waals surface area contributed by atoms with E-state index < -0.39 is 6.10 Å². The van der Waals surface area contributed by atoms with E-state index in [2.05, 4.69) is 5.32 Å². The minimum absolute atomic E-state index is 0.0202. The highest BCUT2D eigenvalue weighted by Crippen LogP contribution is 2.20. The third kappa shape index (κ3) is 6.38. The van der Waals surface area contributed by atoms with Crippen molar-refractivity contribution in [1.82, 2.24) is 10.2 Å². The van der Waals surface area contributed by atoms with Gasteiger partial charge in [0.15, 0.2) is 12.7 Å². The lowest BCUT2D eigenvalue weighted by Gasteiger charge is -2.33. The number of phenolic OH excluding ortho intramolecular Hbond substituents is 1. The molecule has 1 aliphatic rings. The summed E-state index contributed by atoms with van der Waals surface area (Å²) in [6, 6.07) is 14.0. The molecule has 0 aromatic heterocycles. The van der Waals surface area contributed by atoms with Crippen LogP contribution in [0.5, 0.6) is 17.2 Å². The number of carbonyl (C=O) groups excluding carboxylic acids is 2. The number of rotatable bonds is 8. The van der Waals surface area contributed by atoms with Gasteiger partial charge in [0.05, 0.1) is 0 Å². The highest BCUT2D eigenvalue weighted by atomic mass is 16.5. The molecule has 0 radical (unpaired) electrons. The van der Waals surface area contributed by atoms with Crippen LogP contribution in [0.2, 0.25) is 0 Å². The van der Waals surface area contributed by atoms with E-state index in [0.717, 1.165) is 17.7 Å². The highest BCUT2D eigenvalue weighted by Gasteiger charge is 2.27. The molecule has 1 heterocycles. The number of para-hydroxylation sites is 1. The minimum atomic E-state index is -0.622. The van der Waals surface area contributed by atoms with Gasteiger partial charge < -0.3 is 24.8 Å². The van der Waals surface area contributed by atoms with Crippen molar-refractivity contribution in [3.63, 3.8) is 0 Å². The molecule has 1 atom stereocenters. The molecule has 7 nitrogen and oxygen atoms in total. The second kappa shape index (κ2) is 10.7. The lowest BCUT2D eigenvalue weighted by Crippen LogP contribution is -2.50. The van der Waals surface area contributed by atoms with Gasteiger partial charge in [0.1, 0.15) is 17.2 Å². The zero-order valence-corrected chi connectivity index (χ0v) is 18.0. The van der Waals surface area contributed by atoms with Crippen molar-refractivity contribution < 1.29 is 24.2 Å². The number of hydrogen-bond donors (Lipinski definition) is 2. The van der Waals surface area contributed by atoms with E-state index in [1.54, 1.807) is 24.0 Å². The number of piperidine rings is 1. The van der Waals surface area contributed by atoms with Gasteiger partial charge in [-0.1, -0.05) is 25.1 Å². The fourth-order valence-corrected chi connectivity index (χ4v) is 3.63. The number of nitrogens with zero attached hydrogens (tertiary/aromatic N) is 1. The van der Waals surface area contributed by atoms with Gasteiger partial charge in [-0.2, -0.15) is 0 Å². The van der Waals surface area contributed by atoms with Crippen molar-refractivity contribution in [3.8, 4) is 17.2 Å². The quantitative estimate of drug-likeness (QED) is 0.678. The molecule has 0 spiro atoms. The maximum Gasteiger partial charge on any atom is 0.263 e. The number of carbonyl (C=O) groups is 2. The first-order valence-corrected chi connectivity index (χ1v) is 10.7. The van der Waals surface area contributed by atoms with Crippen LogP contribution in [0.25, 0.3) is 0 Å². The SMILES string of the molecule is CCc1ccccc1OCC(=O)NC1CCN(C(=O)C(C)Oc2ccc(O)cc2)CC1. The summed E-state index contributed by atoms with van der Waals surface area (Å²) in [7, 11) is 0. The smallest absolute Gasteiger partial charge is 0.263 e. The van der Waals surface area contributed by atoms with Gasteiger partial charge in [-0.15, -0.1) is 0 Å². The number of nitrogens with one attached hydrogen (secondary N) is 1. The summed E-state index contributed by atoms with van der Waals surface area (Å²) < 4.78 is 11.4. The van der Waals surface area contributed by atoms with Gasteiger partial charge in [0.2, 0.25) is 0 Å². The Hall–Kier alpha value is -3.22. The summed E-state index contributed by atoms with van der Waals surface area (Å²) in [5, 5.41) is 12.3. The molecule has 1 aliphatic heterocycles. The lowest BCUT2D eigenvalue weighted by atomic mass is 10.0. The Bertz CT molecular complexity index is 876. The largest absolute Gasteiger partial charge is 0.508 e. The summed E-state index contributed by atoms with van der Waals surface area (Å²) in [5.74, 6) is 1.18.